The van der Waals surface area contributed by atoms with Gasteiger partial charge in [0.25, 0.3) is 0 Å². The Labute approximate surface area is 159 Å². The fourth-order valence-corrected chi connectivity index (χ4v) is 4.38. The summed E-state index contributed by atoms with van der Waals surface area (Å²) < 4.78 is 39.7. The van der Waals surface area contributed by atoms with Crippen LogP contribution in [-0.2, 0) is 10.0 Å². The summed E-state index contributed by atoms with van der Waals surface area (Å²) in [6.45, 7) is 6.25. The first kappa shape index (κ1) is 19.4. The van der Waals surface area contributed by atoms with Crippen LogP contribution in [0.25, 0.3) is 0 Å². The van der Waals surface area contributed by atoms with Gasteiger partial charge in [-0.15, -0.1) is 0 Å². The smallest absolute Gasteiger partial charge is 0.241 e. The number of carbonyl (C=O) groups excluding carboxylic acids is 1. The standard InChI is InChI=1S/C20H23NO5S/c1-13(2)20(16-7-8-18-19(12-16)26-10-9-25-18)21-27(23,24)17-6-4-5-15(11-17)14(3)22/h4-8,11-13,20-21H,9-10H2,1-3H3/t20-/m0/s1. The summed E-state index contributed by atoms with van der Waals surface area (Å²) in [6, 6.07) is 11.0. The number of Topliss-reactive ketones (excluding diaryl/α,β-unsaturated/α-hetero) is 1. The third kappa shape index (κ3) is 4.31. The average molecular weight is 389 g/mol. The second-order valence-electron chi connectivity index (χ2n) is 6.83. The predicted molar refractivity (Wildman–Crippen MR) is 102 cm³/mol. The molecule has 7 heteroatoms. The highest BCUT2D eigenvalue weighted by Gasteiger charge is 2.26. The highest BCUT2D eigenvalue weighted by Crippen LogP contribution is 2.35. The van der Waals surface area contributed by atoms with E-state index in [1.807, 2.05) is 26.0 Å². The minimum absolute atomic E-state index is 0.00155. The topological polar surface area (TPSA) is 81.7 Å². The first-order valence-corrected chi connectivity index (χ1v) is 10.3. The Balaban J connectivity index is 1.92. The zero-order chi connectivity index (χ0) is 19.6. The van der Waals surface area contributed by atoms with Crippen molar-refractivity contribution in [1.29, 1.82) is 0 Å². The lowest BCUT2D eigenvalue weighted by molar-refractivity contribution is 0.101. The Morgan fingerprint density at radius 2 is 1.74 bits per heavy atom. The average Bonchev–Trinajstić information content (AvgIpc) is 2.65. The number of carbonyl (C=O) groups is 1. The van der Waals surface area contributed by atoms with E-state index in [2.05, 4.69) is 4.72 Å². The summed E-state index contributed by atoms with van der Waals surface area (Å²) in [5.41, 5.74) is 1.15. The van der Waals surface area contributed by atoms with E-state index in [9.17, 15) is 13.2 Å². The van der Waals surface area contributed by atoms with Gasteiger partial charge in [0.1, 0.15) is 13.2 Å². The van der Waals surface area contributed by atoms with E-state index in [1.165, 1.54) is 19.1 Å². The fraction of sp³-hybridized carbons (Fsp3) is 0.350. The molecule has 6 nitrogen and oxygen atoms in total. The van der Waals surface area contributed by atoms with Crippen LogP contribution in [0, 0.1) is 5.92 Å². The van der Waals surface area contributed by atoms with Gasteiger partial charge >= 0.3 is 0 Å². The molecule has 0 unspecified atom stereocenters. The number of hydrogen-bond donors (Lipinski definition) is 1. The SMILES string of the molecule is CC(=O)c1cccc(S(=O)(=O)N[C@H](c2ccc3c(c2)OCCO3)C(C)C)c1. The van der Waals surface area contributed by atoms with Gasteiger partial charge in [0.15, 0.2) is 17.3 Å². The van der Waals surface area contributed by atoms with Gasteiger partial charge in [-0.2, -0.15) is 0 Å². The van der Waals surface area contributed by atoms with Gasteiger partial charge in [0, 0.05) is 11.6 Å². The first-order chi connectivity index (χ1) is 12.8. The van der Waals surface area contributed by atoms with E-state index in [-0.39, 0.29) is 16.6 Å². The van der Waals surface area contributed by atoms with Crippen molar-refractivity contribution < 1.29 is 22.7 Å². The molecule has 1 aliphatic heterocycles. The summed E-state index contributed by atoms with van der Waals surface area (Å²) in [6.07, 6.45) is 0. The molecular weight excluding hydrogens is 366 g/mol. The lowest BCUT2D eigenvalue weighted by atomic mass is 9.97. The Morgan fingerprint density at radius 3 is 2.41 bits per heavy atom. The Morgan fingerprint density at radius 1 is 1.04 bits per heavy atom. The van der Waals surface area contributed by atoms with E-state index in [1.54, 1.807) is 18.2 Å². The van der Waals surface area contributed by atoms with Crippen molar-refractivity contribution in [1.82, 2.24) is 4.72 Å². The molecule has 1 heterocycles. The van der Waals surface area contributed by atoms with Gasteiger partial charge in [0.05, 0.1) is 4.90 Å². The number of ketones is 1. The van der Waals surface area contributed by atoms with Crippen LogP contribution in [0.1, 0.15) is 42.7 Å². The van der Waals surface area contributed by atoms with Gasteiger partial charge in [0.2, 0.25) is 10.0 Å². The fourth-order valence-electron chi connectivity index (χ4n) is 2.96. The molecule has 27 heavy (non-hydrogen) atoms. The Hall–Kier alpha value is -2.38. The maximum atomic E-state index is 12.9. The first-order valence-electron chi connectivity index (χ1n) is 8.81. The molecular formula is C20H23NO5S. The highest BCUT2D eigenvalue weighted by atomic mass is 32.2. The van der Waals surface area contributed by atoms with Gasteiger partial charge < -0.3 is 9.47 Å². The molecule has 0 amide bonds. The van der Waals surface area contributed by atoms with Crippen LogP contribution < -0.4 is 14.2 Å². The lowest BCUT2D eigenvalue weighted by Gasteiger charge is -2.25. The zero-order valence-corrected chi connectivity index (χ0v) is 16.4. The van der Waals surface area contributed by atoms with Crippen molar-refractivity contribution in [2.75, 3.05) is 13.2 Å². The number of rotatable bonds is 6. The molecule has 0 saturated heterocycles. The summed E-state index contributed by atoms with van der Waals surface area (Å²) in [5.74, 6) is 1.09. The molecule has 1 atom stereocenters. The van der Waals surface area contributed by atoms with Crippen LogP contribution in [0.5, 0.6) is 11.5 Å². The molecule has 3 rings (SSSR count). The molecule has 2 aromatic rings. The highest BCUT2D eigenvalue weighted by molar-refractivity contribution is 7.89. The number of hydrogen-bond acceptors (Lipinski definition) is 5. The van der Waals surface area contributed by atoms with Crippen molar-refractivity contribution in [2.24, 2.45) is 5.92 Å². The van der Waals surface area contributed by atoms with E-state index in [4.69, 9.17) is 9.47 Å². The molecule has 0 radical (unpaired) electrons. The number of benzene rings is 2. The van der Waals surface area contributed by atoms with Crippen molar-refractivity contribution in [2.45, 2.75) is 31.7 Å². The summed E-state index contributed by atoms with van der Waals surface area (Å²) in [7, 11) is -3.80. The summed E-state index contributed by atoms with van der Waals surface area (Å²) in [4.78, 5) is 11.6. The van der Waals surface area contributed by atoms with Crippen molar-refractivity contribution in [3.05, 3.63) is 53.6 Å². The molecule has 0 fully saturated rings. The summed E-state index contributed by atoms with van der Waals surface area (Å²) >= 11 is 0. The minimum atomic E-state index is -3.80. The quantitative estimate of drug-likeness (QED) is 0.767. The maximum absolute atomic E-state index is 12.9. The predicted octanol–water partition coefficient (Wildman–Crippen LogP) is 3.34. The lowest BCUT2D eigenvalue weighted by Crippen LogP contribution is -2.32. The van der Waals surface area contributed by atoms with Crippen LogP contribution in [0.3, 0.4) is 0 Å². The van der Waals surface area contributed by atoms with Crippen molar-refractivity contribution in [3.63, 3.8) is 0 Å². The van der Waals surface area contributed by atoms with E-state index < -0.39 is 16.1 Å². The molecule has 1 N–H and O–H groups in total. The normalized spacial score (nSPS) is 14.8. The van der Waals surface area contributed by atoms with E-state index in [0.29, 0.717) is 30.3 Å². The molecule has 2 aromatic carbocycles. The number of sulfonamides is 1. The van der Waals surface area contributed by atoms with Gasteiger partial charge in [-0.1, -0.05) is 32.0 Å². The summed E-state index contributed by atoms with van der Waals surface area (Å²) in [5, 5.41) is 0. The number of nitrogens with one attached hydrogen (secondary N) is 1. The van der Waals surface area contributed by atoms with Gasteiger partial charge in [-0.05, 0) is 42.7 Å². The third-order valence-corrected chi connectivity index (χ3v) is 5.86. The van der Waals surface area contributed by atoms with Gasteiger partial charge in [-0.3, -0.25) is 4.79 Å². The Kier molecular flexibility index (Phi) is 5.53. The molecule has 1 aliphatic rings. The Bertz CT molecular complexity index is 953. The monoisotopic (exact) mass is 389 g/mol. The van der Waals surface area contributed by atoms with E-state index >= 15 is 0 Å². The second kappa shape index (κ2) is 7.70. The molecule has 0 bridgehead atoms. The minimum Gasteiger partial charge on any atom is -0.486 e. The van der Waals surface area contributed by atoms with E-state index in [0.717, 1.165) is 5.56 Å². The number of ether oxygens (including phenoxy) is 2. The van der Waals surface area contributed by atoms with Crippen LogP contribution in [0.15, 0.2) is 47.4 Å². The molecule has 144 valence electrons. The largest absolute Gasteiger partial charge is 0.486 e. The molecule has 0 aliphatic carbocycles. The number of fused-ring (bicyclic) bond motifs is 1. The van der Waals surface area contributed by atoms with Gasteiger partial charge in [-0.25, -0.2) is 13.1 Å². The second-order valence-corrected chi connectivity index (χ2v) is 8.54. The molecule has 0 spiro atoms. The van der Waals surface area contributed by atoms with Crippen molar-refractivity contribution in [3.8, 4) is 11.5 Å². The maximum Gasteiger partial charge on any atom is 0.241 e. The van der Waals surface area contributed by atoms with Crippen molar-refractivity contribution >= 4 is 15.8 Å². The van der Waals surface area contributed by atoms with Crippen LogP contribution >= 0.6 is 0 Å². The third-order valence-electron chi connectivity index (χ3n) is 4.42. The zero-order valence-electron chi connectivity index (χ0n) is 15.6. The molecule has 0 aromatic heterocycles. The van der Waals surface area contributed by atoms with Crippen LogP contribution in [0.4, 0.5) is 0 Å². The van der Waals surface area contributed by atoms with Crippen LogP contribution in [-0.4, -0.2) is 27.4 Å². The molecule has 0 saturated carbocycles. The van der Waals surface area contributed by atoms with Crippen LogP contribution in [0.2, 0.25) is 0 Å².